The second-order valence-corrected chi connectivity index (χ2v) is 7.24. The molecule has 0 radical (unpaired) electrons. The van der Waals surface area contributed by atoms with Crippen LogP contribution >= 0.6 is 11.9 Å². The second kappa shape index (κ2) is 7.49. The van der Waals surface area contributed by atoms with E-state index in [2.05, 4.69) is 23.3 Å². The van der Waals surface area contributed by atoms with Crippen molar-refractivity contribution in [2.24, 2.45) is 7.05 Å². The first-order chi connectivity index (χ1) is 11.6. The van der Waals surface area contributed by atoms with Crippen molar-refractivity contribution in [1.29, 1.82) is 0 Å². The van der Waals surface area contributed by atoms with Gasteiger partial charge in [0.2, 0.25) is 0 Å². The molecule has 1 aliphatic rings. The first-order valence-corrected chi connectivity index (χ1v) is 9.08. The normalized spacial score (nSPS) is 16.3. The quantitative estimate of drug-likeness (QED) is 0.773. The number of aromatic nitrogens is 2. The van der Waals surface area contributed by atoms with Gasteiger partial charge in [0.05, 0.1) is 23.4 Å². The van der Waals surface area contributed by atoms with E-state index < -0.39 is 0 Å². The molecule has 0 spiro atoms. The average molecular weight is 347 g/mol. The molecule has 0 N–H and O–H groups in total. The fraction of sp³-hybridized carbons (Fsp3) is 0.500. The Morgan fingerprint density at radius 3 is 2.25 bits per heavy atom. The molecular formula is C18H25N3O2S. The third kappa shape index (κ3) is 3.87. The molecule has 0 saturated carbocycles. The van der Waals surface area contributed by atoms with Crippen LogP contribution in [0.2, 0.25) is 0 Å². The minimum Gasteiger partial charge on any atom is -0.497 e. The van der Waals surface area contributed by atoms with Crippen molar-refractivity contribution in [3.8, 4) is 11.5 Å². The summed E-state index contributed by atoms with van der Waals surface area (Å²) in [4.78, 5) is 1.28. The lowest BCUT2D eigenvalue weighted by Crippen LogP contribution is -2.34. The van der Waals surface area contributed by atoms with Crippen molar-refractivity contribution >= 4 is 11.9 Å². The Balaban J connectivity index is 1.52. The summed E-state index contributed by atoms with van der Waals surface area (Å²) in [5, 5.41) is 4.50. The minimum atomic E-state index is 0.284. The Kier molecular flexibility index (Phi) is 5.36. The van der Waals surface area contributed by atoms with Crippen LogP contribution in [0.3, 0.4) is 0 Å². The zero-order chi connectivity index (χ0) is 17.1. The Hall–Kier alpha value is -1.66. The van der Waals surface area contributed by atoms with Crippen LogP contribution in [0.25, 0.3) is 0 Å². The topological polar surface area (TPSA) is 39.5 Å². The van der Waals surface area contributed by atoms with Crippen molar-refractivity contribution < 1.29 is 9.47 Å². The van der Waals surface area contributed by atoms with Crippen LogP contribution in [-0.4, -0.2) is 40.4 Å². The van der Waals surface area contributed by atoms with Crippen molar-refractivity contribution in [2.75, 3.05) is 20.2 Å². The summed E-state index contributed by atoms with van der Waals surface area (Å²) in [6.07, 6.45) is 2.36. The predicted octanol–water partition coefficient (Wildman–Crippen LogP) is 3.60. The number of nitrogens with zero attached hydrogens (tertiary/aromatic N) is 3. The first-order valence-electron chi connectivity index (χ1n) is 8.30. The summed E-state index contributed by atoms with van der Waals surface area (Å²) in [5.74, 6) is 1.77. The number of hydrogen-bond donors (Lipinski definition) is 0. The fourth-order valence-electron chi connectivity index (χ4n) is 2.90. The number of hydrogen-bond acceptors (Lipinski definition) is 5. The van der Waals surface area contributed by atoms with Gasteiger partial charge >= 0.3 is 0 Å². The Morgan fingerprint density at radius 1 is 1.08 bits per heavy atom. The van der Waals surface area contributed by atoms with Gasteiger partial charge < -0.3 is 9.47 Å². The van der Waals surface area contributed by atoms with Gasteiger partial charge in [-0.2, -0.15) is 5.10 Å². The Bertz CT molecular complexity index is 676. The highest BCUT2D eigenvalue weighted by Gasteiger charge is 2.23. The molecule has 1 aliphatic heterocycles. The third-order valence-electron chi connectivity index (χ3n) is 4.43. The fourth-order valence-corrected chi connectivity index (χ4v) is 3.99. The highest BCUT2D eigenvalue weighted by molar-refractivity contribution is 7.97. The van der Waals surface area contributed by atoms with E-state index in [4.69, 9.17) is 9.47 Å². The highest BCUT2D eigenvalue weighted by Crippen LogP contribution is 2.32. The van der Waals surface area contributed by atoms with E-state index in [0.29, 0.717) is 0 Å². The molecule has 24 heavy (non-hydrogen) atoms. The van der Waals surface area contributed by atoms with E-state index in [0.717, 1.165) is 43.1 Å². The molecular weight excluding hydrogens is 322 g/mol. The van der Waals surface area contributed by atoms with E-state index in [1.807, 2.05) is 47.9 Å². The number of ether oxygens (including phenoxy) is 2. The van der Waals surface area contributed by atoms with Crippen molar-refractivity contribution in [2.45, 2.75) is 37.7 Å². The van der Waals surface area contributed by atoms with Gasteiger partial charge in [0.1, 0.15) is 17.6 Å². The number of rotatable bonds is 5. The number of aryl methyl sites for hydroxylation is 2. The third-order valence-corrected chi connectivity index (χ3v) is 5.82. The summed E-state index contributed by atoms with van der Waals surface area (Å²) in [6.45, 7) is 6.26. The lowest BCUT2D eigenvalue weighted by molar-refractivity contribution is 0.139. The van der Waals surface area contributed by atoms with Crippen LogP contribution in [-0.2, 0) is 7.05 Å². The minimum absolute atomic E-state index is 0.284. The van der Waals surface area contributed by atoms with Gasteiger partial charge in [-0.15, -0.1) is 0 Å². The molecule has 5 nitrogen and oxygen atoms in total. The summed E-state index contributed by atoms with van der Waals surface area (Å²) < 4.78 is 15.7. The van der Waals surface area contributed by atoms with Gasteiger partial charge in [-0.05, 0) is 62.9 Å². The van der Waals surface area contributed by atoms with Gasteiger partial charge in [-0.3, -0.25) is 4.68 Å². The predicted molar refractivity (Wildman–Crippen MR) is 96.8 cm³/mol. The summed E-state index contributed by atoms with van der Waals surface area (Å²) >= 11 is 1.83. The van der Waals surface area contributed by atoms with E-state index in [-0.39, 0.29) is 6.10 Å². The Morgan fingerprint density at radius 2 is 1.71 bits per heavy atom. The monoisotopic (exact) mass is 347 g/mol. The molecule has 2 aromatic rings. The van der Waals surface area contributed by atoms with Gasteiger partial charge in [0, 0.05) is 20.1 Å². The lowest BCUT2D eigenvalue weighted by Gasteiger charge is -2.31. The van der Waals surface area contributed by atoms with Gasteiger partial charge in [-0.1, -0.05) is 0 Å². The summed E-state index contributed by atoms with van der Waals surface area (Å²) in [5.41, 5.74) is 2.34. The first kappa shape index (κ1) is 17.2. The van der Waals surface area contributed by atoms with Crippen LogP contribution in [0, 0.1) is 13.8 Å². The Labute approximate surface area is 148 Å². The molecule has 1 fully saturated rings. The molecule has 6 heteroatoms. The summed E-state index contributed by atoms with van der Waals surface area (Å²) in [7, 11) is 3.68. The molecule has 0 bridgehead atoms. The zero-order valence-corrected chi connectivity index (χ0v) is 15.6. The number of methoxy groups -OCH3 is 1. The van der Waals surface area contributed by atoms with E-state index in [1.54, 1.807) is 7.11 Å². The van der Waals surface area contributed by atoms with Crippen molar-refractivity contribution in [3.63, 3.8) is 0 Å². The van der Waals surface area contributed by atoms with Crippen LogP contribution in [0.5, 0.6) is 11.5 Å². The molecule has 0 atom stereocenters. The van der Waals surface area contributed by atoms with Gasteiger partial charge in [-0.25, -0.2) is 4.31 Å². The maximum atomic E-state index is 6.10. The lowest BCUT2D eigenvalue weighted by atomic mass is 10.1. The van der Waals surface area contributed by atoms with Gasteiger partial charge in [0.15, 0.2) is 0 Å². The molecule has 1 aromatic carbocycles. The van der Waals surface area contributed by atoms with Crippen molar-refractivity contribution in [1.82, 2.24) is 14.1 Å². The van der Waals surface area contributed by atoms with E-state index >= 15 is 0 Å². The highest BCUT2D eigenvalue weighted by atomic mass is 32.2. The standard InChI is InChI=1S/C18H25N3O2S/c1-13-18(14(2)20(3)19-13)24-21-11-9-17(10-12-21)23-16-7-5-15(22-4)6-8-16/h5-8,17H,9-12H2,1-4H3. The SMILES string of the molecule is COc1ccc(OC2CCN(Sc3c(C)nn(C)c3C)CC2)cc1. The molecule has 1 aromatic heterocycles. The number of benzene rings is 1. The van der Waals surface area contributed by atoms with Crippen LogP contribution < -0.4 is 9.47 Å². The second-order valence-electron chi connectivity index (χ2n) is 6.14. The molecule has 0 aliphatic carbocycles. The van der Waals surface area contributed by atoms with Crippen molar-refractivity contribution in [3.05, 3.63) is 35.7 Å². The molecule has 0 amide bonds. The largest absolute Gasteiger partial charge is 0.497 e. The molecule has 2 heterocycles. The number of piperidine rings is 1. The maximum Gasteiger partial charge on any atom is 0.119 e. The van der Waals surface area contributed by atoms with Gasteiger partial charge in [0.25, 0.3) is 0 Å². The van der Waals surface area contributed by atoms with E-state index in [1.165, 1.54) is 10.6 Å². The average Bonchev–Trinajstić information content (AvgIpc) is 2.83. The summed E-state index contributed by atoms with van der Waals surface area (Å²) in [6, 6.07) is 7.83. The van der Waals surface area contributed by atoms with E-state index in [9.17, 15) is 0 Å². The molecule has 1 saturated heterocycles. The smallest absolute Gasteiger partial charge is 0.119 e. The molecule has 0 unspecified atom stereocenters. The maximum absolute atomic E-state index is 6.10. The molecule has 3 rings (SSSR count). The zero-order valence-electron chi connectivity index (χ0n) is 14.8. The van der Waals surface area contributed by atoms with Crippen LogP contribution in [0.4, 0.5) is 0 Å². The van der Waals surface area contributed by atoms with Crippen LogP contribution in [0.15, 0.2) is 29.2 Å². The van der Waals surface area contributed by atoms with Crippen LogP contribution in [0.1, 0.15) is 24.2 Å². The molecule has 130 valence electrons.